The Balaban J connectivity index is 1.64. The maximum atomic E-state index is 13.4. The van der Waals surface area contributed by atoms with Crippen molar-refractivity contribution in [1.29, 1.82) is 0 Å². The molecule has 0 N–H and O–H groups in total. The largest absolute Gasteiger partial charge is 0.497 e. The van der Waals surface area contributed by atoms with Crippen LogP contribution in [0.5, 0.6) is 17.2 Å². The van der Waals surface area contributed by atoms with Crippen molar-refractivity contribution in [3.05, 3.63) is 131 Å². The Labute approximate surface area is 206 Å². The first kappa shape index (κ1) is 23.8. The minimum absolute atomic E-state index is 0.188. The van der Waals surface area contributed by atoms with Gasteiger partial charge in [-0.25, -0.2) is 0 Å². The molecule has 0 bridgehead atoms. The first-order valence-corrected chi connectivity index (χ1v) is 11.5. The van der Waals surface area contributed by atoms with E-state index < -0.39 is 0 Å². The van der Waals surface area contributed by atoms with E-state index in [-0.39, 0.29) is 5.78 Å². The fourth-order valence-corrected chi connectivity index (χ4v) is 3.63. The number of ether oxygens (including phenoxy) is 3. The molecule has 0 radical (unpaired) electrons. The highest BCUT2D eigenvalue weighted by Gasteiger charge is 2.19. The minimum Gasteiger partial charge on any atom is -0.497 e. The molecule has 4 nitrogen and oxygen atoms in total. The Bertz CT molecular complexity index is 1210. The predicted octanol–water partition coefficient (Wildman–Crippen LogP) is 7.06. The second-order valence-electron chi connectivity index (χ2n) is 8.16. The molecule has 0 atom stereocenters. The number of hydrogen-bond acceptors (Lipinski definition) is 4. The lowest BCUT2D eigenvalue weighted by Gasteiger charge is -2.16. The van der Waals surface area contributed by atoms with E-state index in [1.165, 1.54) is 0 Å². The van der Waals surface area contributed by atoms with Crippen molar-refractivity contribution < 1.29 is 19.0 Å². The Morgan fingerprint density at radius 2 is 1.26 bits per heavy atom. The summed E-state index contributed by atoms with van der Waals surface area (Å²) >= 11 is 0. The summed E-state index contributed by atoms with van der Waals surface area (Å²) in [5, 5.41) is 0. The number of allylic oxidation sites excluding steroid dienone is 1. The normalized spacial score (nSPS) is 10.8. The molecule has 0 aromatic heterocycles. The summed E-state index contributed by atoms with van der Waals surface area (Å²) in [5.74, 6) is 1.58. The number of methoxy groups -OCH3 is 1. The fourth-order valence-electron chi connectivity index (χ4n) is 3.63. The van der Waals surface area contributed by atoms with Gasteiger partial charge in [-0.3, -0.25) is 4.79 Å². The van der Waals surface area contributed by atoms with Crippen LogP contribution < -0.4 is 14.2 Å². The molecule has 0 saturated heterocycles. The van der Waals surface area contributed by atoms with Gasteiger partial charge >= 0.3 is 0 Å². The Hall–Kier alpha value is -4.31. The molecule has 35 heavy (non-hydrogen) atoms. The molecular weight excluding hydrogens is 436 g/mol. The molecule has 0 spiro atoms. The third kappa shape index (κ3) is 6.61. The van der Waals surface area contributed by atoms with E-state index in [9.17, 15) is 4.79 Å². The van der Waals surface area contributed by atoms with Crippen molar-refractivity contribution in [2.75, 3.05) is 7.11 Å². The number of carbonyl (C=O) groups excluding carboxylic acids is 1. The summed E-state index contributed by atoms with van der Waals surface area (Å²) in [7, 11) is 1.62. The molecule has 4 aromatic rings. The van der Waals surface area contributed by atoms with Crippen LogP contribution in [-0.2, 0) is 13.2 Å². The lowest BCUT2D eigenvalue weighted by molar-refractivity contribution is 0.103. The second kappa shape index (κ2) is 11.7. The molecule has 0 amide bonds. The zero-order valence-electron chi connectivity index (χ0n) is 19.9. The number of rotatable bonds is 10. The van der Waals surface area contributed by atoms with E-state index in [2.05, 4.69) is 0 Å². The molecule has 4 aromatic carbocycles. The fraction of sp³-hybridized carbons (Fsp3) is 0.129. The average Bonchev–Trinajstić information content (AvgIpc) is 2.90. The maximum absolute atomic E-state index is 13.4. The van der Waals surface area contributed by atoms with E-state index in [4.69, 9.17) is 14.2 Å². The summed E-state index contributed by atoms with van der Waals surface area (Å²) in [5.41, 5.74) is 4.30. The van der Waals surface area contributed by atoms with E-state index in [0.29, 0.717) is 30.3 Å². The van der Waals surface area contributed by atoms with Crippen molar-refractivity contribution >= 4 is 11.9 Å². The third-order valence-corrected chi connectivity index (χ3v) is 5.47. The van der Waals surface area contributed by atoms with Crippen molar-refractivity contribution in [3.8, 4) is 17.2 Å². The van der Waals surface area contributed by atoms with Crippen LogP contribution in [0.25, 0.3) is 6.08 Å². The Morgan fingerprint density at radius 1 is 0.743 bits per heavy atom. The van der Waals surface area contributed by atoms with Gasteiger partial charge in [-0.05, 0) is 59.5 Å². The standard InChI is InChI=1S/C31H28O4/c1-23-19-29(34-21-25-9-5-3-6-10-25)31(30(20-23)35-22-26-11-7-4-8-12-26)28(32)18-15-24-13-16-27(33-2)17-14-24/h3-20H,21-22H2,1-2H3/b18-15+. The monoisotopic (exact) mass is 464 g/mol. The van der Waals surface area contributed by atoms with Crippen LogP contribution in [0, 0.1) is 6.92 Å². The number of hydrogen-bond donors (Lipinski definition) is 0. The summed E-state index contributed by atoms with van der Waals surface area (Å²) < 4.78 is 17.5. The van der Waals surface area contributed by atoms with Gasteiger partial charge in [0.1, 0.15) is 36.0 Å². The quantitative estimate of drug-likeness (QED) is 0.186. The molecule has 0 aliphatic heterocycles. The molecule has 0 aliphatic rings. The van der Waals surface area contributed by atoms with Crippen LogP contribution in [-0.4, -0.2) is 12.9 Å². The molecule has 0 unspecified atom stereocenters. The van der Waals surface area contributed by atoms with Crippen LogP contribution in [0.4, 0.5) is 0 Å². The highest BCUT2D eigenvalue weighted by atomic mass is 16.5. The van der Waals surface area contributed by atoms with Gasteiger partial charge in [0.25, 0.3) is 0 Å². The lowest BCUT2D eigenvalue weighted by Crippen LogP contribution is -2.07. The number of benzene rings is 4. The lowest BCUT2D eigenvalue weighted by atomic mass is 10.0. The molecule has 0 aliphatic carbocycles. The first-order chi connectivity index (χ1) is 17.1. The Morgan fingerprint density at radius 3 is 1.74 bits per heavy atom. The highest BCUT2D eigenvalue weighted by Crippen LogP contribution is 2.33. The van der Waals surface area contributed by atoms with E-state index in [0.717, 1.165) is 28.0 Å². The van der Waals surface area contributed by atoms with Gasteiger partial charge in [0, 0.05) is 0 Å². The molecule has 4 rings (SSSR count). The minimum atomic E-state index is -0.188. The van der Waals surface area contributed by atoms with E-state index in [1.54, 1.807) is 19.3 Å². The van der Waals surface area contributed by atoms with Crippen molar-refractivity contribution in [2.45, 2.75) is 20.1 Å². The smallest absolute Gasteiger partial charge is 0.193 e. The van der Waals surface area contributed by atoms with E-state index in [1.807, 2.05) is 104 Å². The van der Waals surface area contributed by atoms with Gasteiger partial charge < -0.3 is 14.2 Å². The van der Waals surface area contributed by atoms with Gasteiger partial charge in [-0.2, -0.15) is 0 Å². The number of carbonyl (C=O) groups is 1. The first-order valence-electron chi connectivity index (χ1n) is 11.5. The summed E-state index contributed by atoms with van der Waals surface area (Å²) in [6.07, 6.45) is 3.33. The molecule has 0 heterocycles. The molecule has 0 saturated carbocycles. The van der Waals surface area contributed by atoms with Crippen LogP contribution in [0.2, 0.25) is 0 Å². The molecule has 176 valence electrons. The maximum Gasteiger partial charge on any atom is 0.193 e. The van der Waals surface area contributed by atoms with E-state index >= 15 is 0 Å². The third-order valence-electron chi connectivity index (χ3n) is 5.47. The van der Waals surface area contributed by atoms with Crippen LogP contribution in [0.1, 0.15) is 32.6 Å². The van der Waals surface area contributed by atoms with Crippen LogP contribution >= 0.6 is 0 Å². The summed E-state index contributed by atoms with van der Waals surface area (Å²) in [6.45, 7) is 2.67. The van der Waals surface area contributed by atoms with Gasteiger partial charge in [0.15, 0.2) is 5.78 Å². The topological polar surface area (TPSA) is 44.8 Å². The van der Waals surface area contributed by atoms with Gasteiger partial charge in [-0.15, -0.1) is 0 Å². The van der Waals surface area contributed by atoms with Crippen molar-refractivity contribution in [1.82, 2.24) is 0 Å². The SMILES string of the molecule is COc1ccc(/C=C/C(=O)c2c(OCc3ccccc3)cc(C)cc2OCc2ccccc2)cc1. The van der Waals surface area contributed by atoms with Gasteiger partial charge in [0.2, 0.25) is 0 Å². The Kier molecular flexibility index (Phi) is 7.97. The second-order valence-corrected chi connectivity index (χ2v) is 8.16. The molecule has 0 fully saturated rings. The number of aryl methyl sites for hydroxylation is 1. The van der Waals surface area contributed by atoms with Crippen molar-refractivity contribution in [2.24, 2.45) is 0 Å². The summed E-state index contributed by atoms with van der Waals surface area (Å²) in [4.78, 5) is 13.4. The summed E-state index contributed by atoms with van der Waals surface area (Å²) in [6, 6.07) is 31.0. The predicted molar refractivity (Wildman–Crippen MR) is 139 cm³/mol. The van der Waals surface area contributed by atoms with Gasteiger partial charge in [0.05, 0.1) is 7.11 Å². The molecule has 4 heteroatoms. The number of ketones is 1. The molecular formula is C31H28O4. The zero-order valence-corrected chi connectivity index (χ0v) is 19.9. The van der Waals surface area contributed by atoms with Crippen molar-refractivity contribution in [3.63, 3.8) is 0 Å². The highest BCUT2D eigenvalue weighted by molar-refractivity contribution is 6.10. The average molecular weight is 465 g/mol. The van der Waals surface area contributed by atoms with Crippen LogP contribution in [0.3, 0.4) is 0 Å². The zero-order chi connectivity index (χ0) is 24.5. The van der Waals surface area contributed by atoms with Gasteiger partial charge in [-0.1, -0.05) is 78.9 Å². The van der Waals surface area contributed by atoms with Crippen LogP contribution in [0.15, 0.2) is 103 Å².